The van der Waals surface area contributed by atoms with E-state index in [1.165, 1.54) is 5.56 Å². The Labute approximate surface area is 166 Å². The Hall–Kier alpha value is -2.95. The molecule has 28 heavy (non-hydrogen) atoms. The van der Waals surface area contributed by atoms with Crippen molar-refractivity contribution in [3.05, 3.63) is 42.1 Å². The molecule has 0 amide bonds. The zero-order valence-corrected chi connectivity index (χ0v) is 17.2. The van der Waals surface area contributed by atoms with Crippen LogP contribution in [0.4, 0.5) is 0 Å². The first-order valence-electron chi connectivity index (χ1n) is 9.90. The highest BCUT2D eigenvalue weighted by atomic mass is 16.7. The van der Waals surface area contributed by atoms with E-state index in [0.717, 1.165) is 46.5 Å². The summed E-state index contributed by atoms with van der Waals surface area (Å²) in [6.45, 7) is 9.14. The van der Waals surface area contributed by atoms with Crippen LogP contribution in [0.15, 0.2) is 36.5 Å². The Bertz CT molecular complexity index is 998. The molecule has 1 N–H and O–H groups in total. The topological polar surface area (TPSA) is 51.8 Å². The van der Waals surface area contributed by atoms with E-state index in [1.54, 1.807) is 13.2 Å². The van der Waals surface area contributed by atoms with Gasteiger partial charge >= 0.3 is 0 Å². The van der Waals surface area contributed by atoms with Gasteiger partial charge < -0.3 is 19.3 Å². The third-order valence-electron chi connectivity index (χ3n) is 4.82. The zero-order valence-electron chi connectivity index (χ0n) is 17.2. The van der Waals surface area contributed by atoms with E-state index in [9.17, 15) is 5.11 Å². The molecule has 3 heterocycles. The van der Waals surface area contributed by atoms with E-state index in [4.69, 9.17) is 14.2 Å². The minimum absolute atomic E-state index is 0.182. The van der Waals surface area contributed by atoms with E-state index in [0.29, 0.717) is 5.75 Å². The summed E-state index contributed by atoms with van der Waals surface area (Å²) in [5, 5.41) is 12.2. The number of pyridine rings is 1. The van der Waals surface area contributed by atoms with Gasteiger partial charge in [-0.1, -0.05) is 27.7 Å². The number of methoxy groups -OCH3 is 1. The number of nitrogens with zero attached hydrogens (tertiary/aromatic N) is 1. The molecule has 2 aliphatic rings. The number of phenols is 1. The molecule has 0 unspecified atom stereocenters. The molecule has 0 aliphatic carbocycles. The first-order valence-corrected chi connectivity index (χ1v) is 9.90. The predicted octanol–water partition coefficient (Wildman–Crippen LogP) is 4.85. The van der Waals surface area contributed by atoms with Gasteiger partial charge in [-0.3, -0.25) is 0 Å². The van der Waals surface area contributed by atoms with Crippen molar-refractivity contribution in [3.63, 3.8) is 0 Å². The summed E-state index contributed by atoms with van der Waals surface area (Å²) in [7, 11) is 1.56. The Balaban J connectivity index is 0.000000531. The fourth-order valence-electron chi connectivity index (χ4n) is 3.57. The highest BCUT2D eigenvalue weighted by Crippen LogP contribution is 2.41. The summed E-state index contributed by atoms with van der Waals surface area (Å²) in [6, 6.07) is 10.00. The second-order valence-electron chi connectivity index (χ2n) is 6.08. The van der Waals surface area contributed by atoms with Crippen LogP contribution < -0.4 is 18.8 Å². The quantitative estimate of drug-likeness (QED) is 0.612. The molecule has 5 heteroatoms. The fraction of sp³-hybridized carbons (Fsp3) is 0.348. The van der Waals surface area contributed by atoms with Gasteiger partial charge in [-0.05, 0) is 35.2 Å². The largest absolute Gasteiger partial charge is 0.504 e. The molecule has 0 saturated carbocycles. The summed E-state index contributed by atoms with van der Waals surface area (Å²) in [5.74, 6) is 2.29. The highest BCUT2D eigenvalue weighted by molar-refractivity contribution is 5.91. The fourth-order valence-corrected chi connectivity index (χ4v) is 3.57. The van der Waals surface area contributed by atoms with Gasteiger partial charge in [-0.15, -0.1) is 0 Å². The SMILES string of the molecule is CC.CC.COc1ccc2cc3[n+](cc2c1O)CCc1cc2c(cc1-3)OCO2. The number of aromatic hydroxyl groups is 1. The summed E-state index contributed by atoms with van der Waals surface area (Å²) < 4.78 is 18.4. The second-order valence-corrected chi connectivity index (χ2v) is 6.08. The van der Waals surface area contributed by atoms with Crippen LogP contribution in [-0.4, -0.2) is 19.0 Å². The monoisotopic (exact) mass is 382 g/mol. The van der Waals surface area contributed by atoms with E-state index in [2.05, 4.69) is 22.8 Å². The van der Waals surface area contributed by atoms with Crippen LogP contribution in [0.25, 0.3) is 22.0 Å². The van der Waals surface area contributed by atoms with Crippen LogP contribution in [0.2, 0.25) is 0 Å². The van der Waals surface area contributed by atoms with Crippen molar-refractivity contribution in [2.45, 2.75) is 40.7 Å². The van der Waals surface area contributed by atoms with Crippen molar-refractivity contribution in [2.24, 2.45) is 0 Å². The zero-order chi connectivity index (χ0) is 20.3. The van der Waals surface area contributed by atoms with E-state index >= 15 is 0 Å². The van der Waals surface area contributed by atoms with Crippen LogP contribution in [0, 0.1) is 0 Å². The van der Waals surface area contributed by atoms with Gasteiger partial charge in [0.25, 0.3) is 0 Å². The van der Waals surface area contributed by atoms with Gasteiger partial charge in [0.05, 0.1) is 18.1 Å². The molecule has 5 nitrogen and oxygen atoms in total. The van der Waals surface area contributed by atoms with Crippen LogP contribution in [0.1, 0.15) is 33.3 Å². The third kappa shape index (κ3) is 3.21. The number of phenolic OH excluding ortho intramolecular Hbond substituents is 1. The molecule has 2 aliphatic heterocycles. The number of hydrogen-bond donors (Lipinski definition) is 1. The van der Waals surface area contributed by atoms with Crippen molar-refractivity contribution >= 4 is 10.8 Å². The normalized spacial score (nSPS) is 12.8. The standard InChI is InChI=1S/C19H15NO4.2C2H6/c1-22-16-3-2-11-6-15-13-8-18-17(23-10-24-18)7-12(13)4-5-20(15)9-14(11)19(16)21;2*1-2/h2-3,6-9H,4-5,10H2,1H3;2*1-2H3/p+1. The Morgan fingerprint density at radius 1 is 1.00 bits per heavy atom. The first kappa shape index (κ1) is 19.8. The van der Waals surface area contributed by atoms with Crippen LogP contribution in [-0.2, 0) is 13.0 Å². The van der Waals surface area contributed by atoms with E-state index < -0.39 is 0 Å². The Kier molecular flexibility index (Phi) is 5.93. The lowest BCUT2D eigenvalue weighted by molar-refractivity contribution is -0.686. The summed E-state index contributed by atoms with van der Waals surface area (Å²) >= 11 is 0. The van der Waals surface area contributed by atoms with Gasteiger partial charge in [0.2, 0.25) is 12.5 Å². The van der Waals surface area contributed by atoms with Crippen molar-refractivity contribution in [3.8, 4) is 34.3 Å². The maximum atomic E-state index is 10.4. The van der Waals surface area contributed by atoms with E-state index in [1.807, 2.05) is 40.0 Å². The number of ether oxygens (including phenoxy) is 3. The second kappa shape index (κ2) is 8.38. The maximum Gasteiger partial charge on any atom is 0.231 e. The average Bonchev–Trinajstić information content (AvgIpc) is 3.22. The molecule has 0 fully saturated rings. The predicted molar refractivity (Wildman–Crippen MR) is 110 cm³/mol. The molecular formula is C23H28NO4+. The molecule has 0 radical (unpaired) electrons. The van der Waals surface area contributed by atoms with Gasteiger partial charge in [-0.25, -0.2) is 0 Å². The molecule has 0 atom stereocenters. The van der Waals surface area contributed by atoms with E-state index in [-0.39, 0.29) is 12.5 Å². The lowest BCUT2D eigenvalue weighted by atomic mass is 9.95. The third-order valence-corrected chi connectivity index (χ3v) is 4.82. The van der Waals surface area contributed by atoms with Gasteiger partial charge in [0, 0.05) is 12.5 Å². The van der Waals surface area contributed by atoms with Crippen molar-refractivity contribution in [1.29, 1.82) is 0 Å². The lowest BCUT2D eigenvalue weighted by Crippen LogP contribution is -2.39. The van der Waals surface area contributed by atoms with Crippen LogP contribution in [0.3, 0.4) is 0 Å². The van der Waals surface area contributed by atoms with Crippen molar-refractivity contribution < 1.29 is 23.9 Å². The summed E-state index contributed by atoms with van der Waals surface area (Å²) in [5.41, 5.74) is 3.53. The molecule has 148 valence electrons. The van der Waals surface area contributed by atoms with Crippen molar-refractivity contribution in [2.75, 3.05) is 13.9 Å². The number of benzene rings is 2. The summed E-state index contributed by atoms with van der Waals surface area (Å²) in [4.78, 5) is 0. The van der Waals surface area contributed by atoms with Gasteiger partial charge in [0.1, 0.15) is 0 Å². The molecule has 2 aromatic carbocycles. The van der Waals surface area contributed by atoms with Gasteiger partial charge in [0.15, 0.2) is 35.7 Å². The number of aryl methyl sites for hydroxylation is 2. The highest BCUT2D eigenvalue weighted by Gasteiger charge is 2.28. The Morgan fingerprint density at radius 2 is 1.71 bits per heavy atom. The molecule has 1 aromatic heterocycles. The Morgan fingerprint density at radius 3 is 2.43 bits per heavy atom. The molecule has 3 aromatic rings. The lowest BCUT2D eigenvalue weighted by Gasteiger charge is -2.16. The smallest absolute Gasteiger partial charge is 0.231 e. The molecule has 0 bridgehead atoms. The van der Waals surface area contributed by atoms with Gasteiger partial charge in [-0.2, -0.15) is 4.57 Å². The van der Waals surface area contributed by atoms with Crippen LogP contribution in [0.5, 0.6) is 23.0 Å². The molecule has 0 spiro atoms. The molecule has 5 rings (SSSR count). The first-order chi connectivity index (χ1) is 13.7. The minimum Gasteiger partial charge on any atom is -0.504 e. The number of hydrogen-bond acceptors (Lipinski definition) is 4. The molecular weight excluding hydrogens is 354 g/mol. The molecule has 0 saturated heterocycles. The number of fused-ring (bicyclic) bond motifs is 5. The summed E-state index contributed by atoms with van der Waals surface area (Å²) in [6.07, 6.45) is 2.91. The number of rotatable bonds is 1. The maximum absolute atomic E-state index is 10.4. The minimum atomic E-state index is 0.182. The van der Waals surface area contributed by atoms with Crippen LogP contribution >= 0.6 is 0 Å². The number of aromatic nitrogens is 1. The van der Waals surface area contributed by atoms with Crippen molar-refractivity contribution in [1.82, 2.24) is 0 Å². The average molecular weight is 382 g/mol.